The number of anilines is 1. The minimum absolute atomic E-state index is 0.345. The van der Waals surface area contributed by atoms with Gasteiger partial charge >= 0.3 is 6.09 Å². The number of ether oxygens (including phenoxy) is 2. The Morgan fingerprint density at radius 1 is 1.41 bits per heavy atom. The Hall–Kier alpha value is -1.81. The van der Waals surface area contributed by atoms with E-state index >= 15 is 0 Å². The van der Waals surface area contributed by atoms with E-state index in [-0.39, 0.29) is 0 Å². The molecule has 4 heteroatoms. The van der Waals surface area contributed by atoms with E-state index in [1.807, 2.05) is 36.4 Å². The van der Waals surface area contributed by atoms with Crippen molar-refractivity contribution in [3.05, 3.63) is 35.9 Å². The van der Waals surface area contributed by atoms with Crippen LogP contribution in [-0.2, 0) is 9.47 Å². The lowest BCUT2D eigenvalue weighted by Gasteiger charge is -2.31. The maximum atomic E-state index is 11.9. The van der Waals surface area contributed by atoms with Gasteiger partial charge in [-0.15, -0.1) is 0 Å². The topological polar surface area (TPSA) is 38.8 Å². The van der Waals surface area contributed by atoms with Gasteiger partial charge in [-0.25, -0.2) is 9.69 Å². The molecule has 1 aromatic carbocycles. The number of benzene rings is 1. The van der Waals surface area contributed by atoms with Crippen LogP contribution in [0.5, 0.6) is 0 Å². The second-order valence-corrected chi connectivity index (χ2v) is 3.61. The van der Waals surface area contributed by atoms with Gasteiger partial charge in [0.05, 0.1) is 12.3 Å². The van der Waals surface area contributed by atoms with Crippen molar-refractivity contribution in [1.82, 2.24) is 0 Å². The minimum atomic E-state index is -0.413. The summed E-state index contributed by atoms with van der Waals surface area (Å²) in [6.07, 6.45) is 2.97. The van der Waals surface area contributed by atoms with E-state index in [1.54, 1.807) is 14.0 Å². The van der Waals surface area contributed by atoms with Gasteiger partial charge in [0.25, 0.3) is 0 Å². The van der Waals surface area contributed by atoms with E-state index in [0.717, 1.165) is 11.3 Å². The Balaban J connectivity index is 2.38. The third-order valence-electron chi connectivity index (χ3n) is 2.60. The number of nitrogens with zero attached hydrogens (tertiary/aromatic N) is 1. The van der Waals surface area contributed by atoms with Crippen LogP contribution in [0.1, 0.15) is 12.5 Å². The molecule has 1 aliphatic rings. The molecule has 0 bridgehead atoms. The maximum Gasteiger partial charge on any atom is 0.416 e. The molecular weight excluding hydrogens is 218 g/mol. The summed E-state index contributed by atoms with van der Waals surface area (Å²) in [5, 5.41) is 0. The number of hydrogen-bond acceptors (Lipinski definition) is 3. The summed E-state index contributed by atoms with van der Waals surface area (Å²) in [7, 11) is 1.56. The number of carbonyl (C=O) groups excluding carboxylic acids is 1. The summed E-state index contributed by atoms with van der Waals surface area (Å²) in [5.74, 6) is 0. The molecule has 1 unspecified atom stereocenters. The first-order valence-electron chi connectivity index (χ1n) is 5.54. The predicted octanol–water partition coefficient (Wildman–Crippen LogP) is 2.65. The Labute approximate surface area is 100 Å². The van der Waals surface area contributed by atoms with E-state index in [9.17, 15) is 4.79 Å². The zero-order valence-corrected chi connectivity index (χ0v) is 9.92. The molecule has 1 aliphatic heterocycles. The third-order valence-corrected chi connectivity index (χ3v) is 2.60. The van der Waals surface area contributed by atoms with Crippen molar-refractivity contribution < 1.29 is 14.3 Å². The van der Waals surface area contributed by atoms with Crippen molar-refractivity contribution in [2.24, 2.45) is 0 Å². The van der Waals surface area contributed by atoms with Crippen LogP contribution in [-0.4, -0.2) is 26.0 Å². The molecule has 4 nitrogen and oxygen atoms in total. The Kier molecular flexibility index (Phi) is 3.44. The Morgan fingerprint density at radius 2 is 2.18 bits per heavy atom. The van der Waals surface area contributed by atoms with Crippen molar-refractivity contribution in [2.45, 2.75) is 13.2 Å². The molecule has 0 radical (unpaired) electrons. The molecule has 0 aromatic heterocycles. The standard InChI is InChI=1S/C13H15NO3/c1-3-17-13(15)14-11-7-5-4-6-10(11)8-9-12(14)16-2/h4-9,12H,3H2,1-2H3. The highest BCUT2D eigenvalue weighted by atomic mass is 16.6. The van der Waals surface area contributed by atoms with Crippen LogP contribution in [0.15, 0.2) is 30.3 Å². The number of fused-ring (bicyclic) bond motifs is 1. The second kappa shape index (κ2) is 5.01. The van der Waals surface area contributed by atoms with E-state index in [2.05, 4.69) is 0 Å². The van der Waals surface area contributed by atoms with Crippen molar-refractivity contribution in [1.29, 1.82) is 0 Å². The van der Waals surface area contributed by atoms with Crippen LogP contribution in [0.3, 0.4) is 0 Å². The Morgan fingerprint density at radius 3 is 2.88 bits per heavy atom. The number of carbonyl (C=O) groups is 1. The molecule has 90 valence electrons. The molecule has 0 saturated heterocycles. The van der Waals surface area contributed by atoms with Crippen LogP contribution in [0.2, 0.25) is 0 Å². The van der Waals surface area contributed by atoms with Crippen LogP contribution in [0, 0.1) is 0 Å². The molecule has 1 aromatic rings. The number of hydrogen-bond donors (Lipinski definition) is 0. The third kappa shape index (κ3) is 2.17. The van der Waals surface area contributed by atoms with E-state index in [0.29, 0.717) is 6.61 Å². The molecule has 1 heterocycles. The second-order valence-electron chi connectivity index (χ2n) is 3.61. The summed E-state index contributed by atoms with van der Waals surface area (Å²) >= 11 is 0. The summed E-state index contributed by atoms with van der Waals surface area (Å²) in [5.41, 5.74) is 1.79. The molecule has 2 rings (SSSR count). The fourth-order valence-electron chi connectivity index (χ4n) is 1.84. The summed E-state index contributed by atoms with van der Waals surface area (Å²) in [6.45, 7) is 2.13. The molecule has 0 saturated carbocycles. The number of methoxy groups -OCH3 is 1. The van der Waals surface area contributed by atoms with Gasteiger partial charge < -0.3 is 9.47 Å². The van der Waals surface area contributed by atoms with E-state index in [4.69, 9.17) is 9.47 Å². The van der Waals surface area contributed by atoms with Gasteiger partial charge in [-0.05, 0) is 24.6 Å². The van der Waals surface area contributed by atoms with Gasteiger partial charge in [-0.3, -0.25) is 0 Å². The molecular formula is C13H15NO3. The van der Waals surface area contributed by atoms with E-state index < -0.39 is 12.3 Å². The lowest BCUT2D eigenvalue weighted by Crippen LogP contribution is -2.42. The predicted molar refractivity (Wildman–Crippen MR) is 65.8 cm³/mol. The van der Waals surface area contributed by atoms with Gasteiger partial charge in [-0.2, -0.15) is 0 Å². The van der Waals surface area contributed by atoms with Crippen LogP contribution in [0.4, 0.5) is 10.5 Å². The SMILES string of the molecule is CCOC(=O)N1c2ccccc2C=CC1OC. The smallest absolute Gasteiger partial charge is 0.416 e. The monoisotopic (exact) mass is 233 g/mol. The summed E-state index contributed by atoms with van der Waals surface area (Å²) in [4.78, 5) is 13.4. The first-order chi connectivity index (χ1) is 8.27. The number of rotatable bonds is 2. The van der Waals surface area contributed by atoms with Gasteiger partial charge in [-0.1, -0.05) is 24.3 Å². The molecule has 1 amide bonds. The zero-order chi connectivity index (χ0) is 12.3. The van der Waals surface area contributed by atoms with Gasteiger partial charge in [0, 0.05) is 7.11 Å². The fourth-order valence-corrected chi connectivity index (χ4v) is 1.84. The van der Waals surface area contributed by atoms with Crippen molar-refractivity contribution in [2.75, 3.05) is 18.6 Å². The molecule has 1 atom stereocenters. The number of para-hydroxylation sites is 1. The van der Waals surface area contributed by atoms with Crippen molar-refractivity contribution >= 4 is 17.9 Å². The first kappa shape index (κ1) is 11.7. The molecule has 0 N–H and O–H groups in total. The molecule has 0 fully saturated rings. The van der Waals surface area contributed by atoms with Gasteiger partial charge in [0.1, 0.15) is 0 Å². The van der Waals surface area contributed by atoms with Crippen LogP contribution >= 0.6 is 0 Å². The van der Waals surface area contributed by atoms with Crippen molar-refractivity contribution in [3.8, 4) is 0 Å². The molecule has 0 aliphatic carbocycles. The molecule has 17 heavy (non-hydrogen) atoms. The fraction of sp³-hybridized carbons (Fsp3) is 0.308. The summed E-state index contributed by atoms with van der Waals surface area (Å²) < 4.78 is 10.3. The Bertz CT molecular complexity index is 442. The number of amides is 1. The van der Waals surface area contributed by atoms with E-state index in [1.165, 1.54) is 4.90 Å². The highest BCUT2D eigenvalue weighted by Gasteiger charge is 2.28. The van der Waals surface area contributed by atoms with Crippen molar-refractivity contribution in [3.63, 3.8) is 0 Å². The quantitative estimate of drug-likeness (QED) is 0.788. The first-order valence-corrected chi connectivity index (χ1v) is 5.54. The largest absolute Gasteiger partial charge is 0.449 e. The van der Waals surface area contributed by atoms with Crippen LogP contribution < -0.4 is 4.90 Å². The zero-order valence-electron chi connectivity index (χ0n) is 9.92. The lowest BCUT2D eigenvalue weighted by atomic mass is 10.1. The van der Waals surface area contributed by atoms with Gasteiger partial charge in [0.2, 0.25) is 0 Å². The minimum Gasteiger partial charge on any atom is -0.449 e. The normalized spacial score (nSPS) is 17.8. The van der Waals surface area contributed by atoms with Crippen LogP contribution in [0.25, 0.3) is 6.08 Å². The summed E-state index contributed by atoms with van der Waals surface area (Å²) in [6, 6.07) is 7.64. The molecule has 0 spiro atoms. The lowest BCUT2D eigenvalue weighted by molar-refractivity contribution is 0.112. The maximum absolute atomic E-state index is 11.9. The average Bonchev–Trinajstić information content (AvgIpc) is 2.37. The average molecular weight is 233 g/mol. The highest BCUT2D eigenvalue weighted by molar-refractivity contribution is 5.93. The van der Waals surface area contributed by atoms with Gasteiger partial charge in [0.15, 0.2) is 6.23 Å². The highest BCUT2D eigenvalue weighted by Crippen LogP contribution is 2.29.